The lowest BCUT2D eigenvalue weighted by atomic mass is 10.2. The van der Waals surface area contributed by atoms with E-state index in [2.05, 4.69) is 4.72 Å². The molecule has 6 heteroatoms. The third-order valence-electron chi connectivity index (χ3n) is 2.81. The number of aryl methyl sites for hydroxylation is 1. The molecule has 2 aromatic rings. The molecular formula is C14H13N3O2S. The number of nitrogen functional groups attached to an aromatic ring is 1. The highest BCUT2D eigenvalue weighted by atomic mass is 32.2. The number of sulfonamides is 1. The summed E-state index contributed by atoms with van der Waals surface area (Å²) < 4.78 is 27.2. The molecular weight excluding hydrogens is 274 g/mol. The summed E-state index contributed by atoms with van der Waals surface area (Å²) in [5, 5.41) is 8.87. The molecule has 2 aromatic carbocycles. The Balaban J connectivity index is 2.47. The van der Waals surface area contributed by atoms with E-state index in [9.17, 15) is 8.42 Å². The monoisotopic (exact) mass is 287 g/mol. The number of rotatable bonds is 3. The molecule has 5 nitrogen and oxygen atoms in total. The number of para-hydroxylation sites is 2. The first-order chi connectivity index (χ1) is 9.44. The predicted molar refractivity (Wildman–Crippen MR) is 77.6 cm³/mol. The van der Waals surface area contributed by atoms with Gasteiger partial charge in [0.25, 0.3) is 10.0 Å². The molecule has 0 saturated heterocycles. The molecule has 0 unspecified atom stereocenters. The smallest absolute Gasteiger partial charge is 0.262 e. The van der Waals surface area contributed by atoms with Crippen LogP contribution in [0.5, 0.6) is 0 Å². The Kier molecular flexibility index (Phi) is 3.63. The molecule has 102 valence electrons. The minimum absolute atomic E-state index is 0.0693. The van der Waals surface area contributed by atoms with Gasteiger partial charge < -0.3 is 5.73 Å². The van der Waals surface area contributed by atoms with E-state index >= 15 is 0 Å². The van der Waals surface area contributed by atoms with Crippen molar-refractivity contribution in [1.29, 1.82) is 5.26 Å². The van der Waals surface area contributed by atoms with Crippen molar-refractivity contribution in [3.63, 3.8) is 0 Å². The molecule has 20 heavy (non-hydrogen) atoms. The molecule has 0 atom stereocenters. The molecule has 0 aromatic heterocycles. The van der Waals surface area contributed by atoms with E-state index in [-0.39, 0.29) is 10.5 Å². The van der Waals surface area contributed by atoms with E-state index in [4.69, 9.17) is 11.0 Å². The van der Waals surface area contributed by atoms with E-state index in [1.165, 1.54) is 6.07 Å². The van der Waals surface area contributed by atoms with Crippen molar-refractivity contribution < 1.29 is 8.42 Å². The van der Waals surface area contributed by atoms with Crippen LogP contribution in [0.15, 0.2) is 47.4 Å². The van der Waals surface area contributed by atoms with Gasteiger partial charge in [0.1, 0.15) is 0 Å². The fraction of sp³-hybridized carbons (Fsp3) is 0.0714. The van der Waals surface area contributed by atoms with Gasteiger partial charge in [0.05, 0.1) is 27.9 Å². The molecule has 0 amide bonds. The summed E-state index contributed by atoms with van der Waals surface area (Å²) in [4.78, 5) is 0.0693. The van der Waals surface area contributed by atoms with Crippen molar-refractivity contribution in [3.8, 4) is 6.07 Å². The van der Waals surface area contributed by atoms with Crippen LogP contribution in [0.3, 0.4) is 0 Å². The fourth-order valence-electron chi connectivity index (χ4n) is 1.75. The number of benzene rings is 2. The van der Waals surface area contributed by atoms with E-state index < -0.39 is 10.0 Å². The lowest BCUT2D eigenvalue weighted by molar-refractivity contribution is 0.600. The van der Waals surface area contributed by atoms with Gasteiger partial charge >= 0.3 is 0 Å². The van der Waals surface area contributed by atoms with Crippen molar-refractivity contribution in [2.75, 3.05) is 10.5 Å². The third kappa shape index (κ3) is 2.73. The first-order valence-electron chi connectivity index (χ1n) is 5.82. The molecule has 0 heterocycles. The van der Waals surface area contributed by atoms with Crippen LogP contribution in [-0.2, 0) is 10.0 Å². The molecule has 0 radical (unpaired) electrons. The van der Waals surface area contributed by atoms with Crippen LogP contribution in [0.4, 0.5) is 11.4 Å². The third-order valence-corrected chi connectivity index (χ3v) is 4.32. The summed E-state index contributed by atoms with van der Waals surface area (Å²) in [5.74, 6) is 0. The zero-order chi connectivity index (χ0) is 14.8. The van der Waals surface area contributed by atoms with Crippen LogP contribution in [-0.4, -0.2) is 8.42 Å². The first-order valence-corrected chi connectivity index (χ1v) is 7.30. The molecule has 2 rings (SSSR count). The van der Waals surface area contributed by atoms with Crippen LogP contribution in [0, 0.1) is 18.3 Å². The van der Waals surface area contributed by atoms with Gasteiger partial charge in [-0.3, -0.25) is 4.72 Å². The zero-order valence-corrected chi connectivity index (χ0v) is 11.6. The van der Waals surface area contributed by atoms with Crippen molar-refractivity contribution in [3.05, 3.63) is 53.6 Å². The first kappa shape index (κ1) is 13.9. The van der Waals surface area contributed by atoms with E-state index in [1.54, 1.807) is 43.3 Å². The van der Waals surface area contributed by atoms with Crippen LogP contribution in [0.2, 0.25) is 0 Å². The number of nitriles is 1. The van der Waals surface area contributed by atoms with Gasteiger partial charge in [-0.25, -0.2) is 8.42 Å². The van der Waals surface area contributed by atoms with Crippen LogP contribution in [0.25, 0.3) is 0 Å². The summed E-state index contributed by atoms with van der Waals surface area (Å²) in [7, 11) is -3.78. The van der Waals surface area contributed by atoms with Gasteiger partial charge in [0.15, 0.2) is 0 Å². The molecule has 0 aliphatic carbocycles. The van der Waals surface area contributed by atoms with Gasteiger partial charge in [0.2, 0.25) is 0 Å². The number of nitrogens with zero attached hydrogens (tertiary/aromatic N) is 1. The van der Waals surface area contributed by atoms with Gasteiger partial charge in [0, 0.05) is 0 Å². The predicted octanol–water partition coefficient (Wildman–Crippen LogP) is 2.25. The molecule has 0 spiro atoms. The Morgan fingerprint density at radius 2 is 1.90 bits per heavy atom. The molecule has 0 aliphatic rings. The van der Waals surface area contributed by atoms with Crippen molar-refractivity contribution >= 4 is 21.4 Å². The van der Waals surface area contributed by atoms with Gasteiger partial charge in [-0.05, 0) is 36.8 Å². The second-order valence-corrected chi connectivity index (χ2v) is 5.94. The van der Waals surface area contributed by atoms with Crippen LogP contribution >= 0.6 is 0 Å². The maximum absolute atomic E-state index is 12.4. The summed E-state index contributed by atoms with van der Waals surface area (Å²) in [6.45, 7) is 1.67. The largest absolute Gasteiger partial charge is 0.397 e. The highest BCUT2D eigenvalue weighted by Gasteiger charge is 2.18. The van der Waals surface area contributed by atoms with Crippen molar-refractivity contribution in [2.45, 2.75) is 11.8 Å². The summed E-state index contributed by atoms with van der Waals surface area (Å²) in [5.41, 5.74) is 7.22. The molecule has 3 N–H and O–H groups in total. The lowest BCUT2D eigenvalue weighted by Gasteiger charge is -2.12. The average molecular weight is 287 g/mol. The maximum Gasteiger partial charge on any atom is 0.262 e. The summed E-state index contributed by atoms with van der Waals surface area (Å²) >= 11 is 0. The van der Waals surface area contributed by atoms with E-state index in [1.807, 2.05) is 6.07 Å². The van der Waals surface area contributed by atoms with E-state index in [0.29, 0.717) is 16.9 Å². The molecule has 0 saturated carbocycles. The van der Waals surface area contributed by atoms with Crippen LogP contribution < -0.4 is 10.5 Å². The van der Waals surface area contributed by atoms with Crippen molar-refractivity contribution in [1.82, 2.24) is 0 Å². The lowest BCUT2D eigenvalue weighted by Crippen LogP contribution is -2.15. The number of nitrogens with one attached hydrogen (secondary N) is 1. The highest BCUT2D eigenvalue weighted by Crippen LogP contribution is 2.23. The minimum Gasteiger partial charge on any atom is -0.397 e. The van der Waals surface area contributed by atoms with Gasteiger partial charge in [-0.15, -0.1) is 0 Å². The number of hydrogen-bond donors (Lipinski definition) is 2. The van der Waals surface area contributed by atoms with Gasteiger partial charge in [-0.2, -0.15) is 5.26 Å². The average Bonchev–Trinajstić information content (AvgIpc) is 2.41. The highest BCUT2D eigenvalue weighted by molar-refractivity contribution is 7.92. The standard InChI is InChI=1S/C14H13N3O2S/c1-10-6-7-11(9-15)8-14(10)20(18,19)17-13-5-3-2-4-12(13)16/h2-8,17H,16H2,1H3. The number of anilines is 2. The Hall–Kier alpha value is -2.52. The zero-order valence-electron chi connectivity index (χ0n) is 10.8. The maximum atomic E-state index is 12.4. The Morgan fingerprint density at radius 1 is 1.20 bits per heavy atom. The topological polar surface area (TPSA) is 96.0 Å². The Morgan fingerprint density at radius 3 is 2.55 bits per heavy atom. The Bertz CT molecular complexity index is 792. The SMILES string of the molecule is Cc1ccc(C#N)cc1S(=O)(=O)Nc1ccccc1N. The Labute approximate surface area is 117 Å². The minimum atomic E-state index is -3.78. The fourth-order valence-corrected chi connectivity index (χ4v) is 3.11. The van der Waals surface area contributed by atoms with E-state index in [0.717, 1.165) is 0 Å². The second kappa shape index (κ2) is 5.23. The number of hydrogen-bond acceptors (Lipinski definition) is 4. The molecule has 0 aliphatic heterocycles. The summed E-state index contributed by atoms with van der Waals surface area (Å²) in [6.07, 6.45) is 0. The molecule has 0 fully saturated rings. The quantitative estimate of drug-likeness (QED) is 0.846. The molecule has 0 bridgehead atoms. The van der Waals surface area contributed by atoms with Gasteiger partial charge in [-0.1, -0.05) is 18.2 Å². The number of nitrogens with two attached hydrogens (primary N) is 1. The second-order valence-electron chi connectivity index (χ2n) is 4.28. The normalized spacial score (nSPS) is 10.8. The summed E-state index contributed by atoms with van der Waals surface area (Å²) in [6, 6.07) is 13.0. The van der Waals surface area contributed by atoms with Crippen LogP contribution in [0.1, 0.15) is 11.1 Å². The van der Waals surface area contributed by atoms with Crippen molar-refractivity contribution in [2.24, 2.45) is 0 Å².